The van der Waals surface area contributed by atoms with Gasteiger partial charge in [0.2, 0.25) is 0 Å². The van der Waals surface area contributed by atoms with E-state index in [1.807, 2.05) is 48.5 Å². The maximum Gasteiger partial charge on any atom is 0.410 e. The molecule has 2 heterocycles. The molecule has 2 fully saturated rings. The lowest BCUT2D eigenvalue weighted by atomic mass is 9.83. The summed E-state index contributed by atoms with van der Waals surface area (Å²) in [4.78, 5) is 26.3. The summed E-state index contributed by atoms with van der Waals surface area (Å²) in [6.07, 6.45) is -0.363. The van der Waals surface area contributed by atoms with Crippen molar-refractivity contribution >= 4 is 12.1 Å². The summed E-state index contributed by atoms with van der Waals surface area (Å²) in [5, 5.41) is 0. The van der Waals surface area contributed by atoms with Gasteiger partial charge in [0.05, 0.1) is 13.1 Å². The maximum atomic E-state index is 12.5. The van der Waals surface area contributed by atoms with Gasteiger partial charge in [0.15, 0.2) is 6.10 Å². The topological polar surface area (TPSA) is 65.1 Å². The van der Waals surface area contributed by atoms with Gasteiger partial charge in [-0.25, -0.2) is 9.59 Å². The van der Waals surface area contributed by atoms with Crippen LogP contribution in [0.4, 0.5) is 4.79 Å². The number of nitrogens with zero attached hydrogens (tertiary/aromatic N) is 1. The first-order valence-electron chi connectivity index (χ1n) is 8.75. The van der Waals surface area contributed by atoms with E-state index in [9.17, 15) is 9.59 Å². The molecule has 2 saturated heterocycles. The van der Waals surface area contributed by atoms with Gasteiger partial charge in [-0.3, -0.25) is 0 Å². The van der Waals surface area contributed by atoms with Crippen LogP contribution in [0.5, 0.6) is 0 Å². The normalized spacial score (nSPS) is 25.5. The van der Waals surface area contributed by atoms with Gasteiger partial charge in [-0.2, -0.15) is 0 Å². The van der Waals surface area contributed by atoms with Gasteiger partial charge >= 0.3 is 12.1 Å². The fourth-order valence-corrected chi connectivity index (χ4v) is 3.22. The lowest BCUT2D eigenvalue weighted by molar-refractivity contribution is -0.182. The second-order valence-electron chi connectivity index (χ2n) is 9.25. The number of hydrogen-bond acceptors (Lipinski definition) is 5. The third kappa shape index (κ3) is 4.75. The number of carbonyl (C=O) groups excluding carboxylic acids is 2. The van der Waals surface area contributed by atoms with Crippen LogP contribution in [0.25, 0.3) is 0 Å². The zero-order valence-corrected chi connectivity index (χ0v) is 16.5. The van der Waals surface area contributed by atoms with Gasteiger partial charge in [0.1, 0.15) is 16.8 Å². The second-order valence-corrected chi connectivity index (χ2v) is 9.25. The van der Waals surface area contributed by atoms with Crippen molar-refractivity contribution < 1.29 is 23.8 Å². The Labute approximate surface area is 150 Å². The van der Waals surface area contributed by atoms with Crippen molar-refractivity contribution in [2.75, 3.05) is 13.1 Å². The zero-order chi connectivity index (χ0) is 19.2. The summed E-state index contributed by atoms with van der Waals surface area (Å²) in [6.45, 7) is 17.7. The van der Waals surface area contributed by atoms with Crippen LogP contribution >= 0.6 is 0 Å². The highest BCUT2D eigenvalue weighted by molar-refractivity contribution is 5.77. The van der Waals surface area contributed by atoms with E-state index < -0.39 is 22.9 Å². The van der Waals surface area contributed by atoms with E-state index in [1.54, 1.807) is 4.90 Å². The molecular formula is C19H31NO5. The lowest BCUT2D eigenvalue weighted by Gasteiger charge is -2.47. The van der Waals surface area contributed by atoms with Crippen molar-refractivity contribution in [1.82, 2.24) is 4.90 Å². The molecule has 0 aromatic heterocycles. The molecule has 6 nitrogen and oxygen atoms in total. The smallest absolute Gasteiger partial charge is 0.410 e. The fraction of sp³-hybridized carbons (Fsp3) is 0.789. The maximum absolute atomic E-state index is 12.5. The Morgan fingerprint density at radius 3 is 2.04 bits per heavy atom. The van der Waals surface area contributed by atoms with E-state index in [2.05, 4.69) is 6.58 Å². The van der Waals surface area contributed by atoms with Gasteiger partial charge in [-0.15, -0.1) is 0 Å². The lowest BCUT2D eigenvalue weighted by Crippen LogP contribution is -2.64. The summed E-state index contributed by atoms with van der Waals surface area (Å²) in [5.41, 5.74) is -0.723. The molecule has 142 valence electrons. The highest BCUT2D eigenvalue weighted by Crippen LogP contribution is 2.44. The van der Waals surface area contributed by atoms with Gasteiger partial charge in [-0.1, -0.05) is 12.2 Å². The van der Waals surface area contributed by atoms with Crippen molar-refractivity contribution in [2.24, 2.45) is 5.92 Å². The average molecular weight is 353 g/mol. The Morgan fingerprint density at radius 2 is 1.60 bits per heavy atom. The molecule has 0 N–H and O–H groups in total. The summed E-state index contributed by atoms with van der Waals surface area (Å²) >= 11 is 0. The first-order chi connectivity index (χ1) is 11.2. The molecule has 0 radical (unpaired) electrons. The monoisotopic (exact) mass is 353 g/mol. The number of likely N-dealkylation sites (tertiary alicyclic amines) is 1. The molecule has 0 unspecified atom stereocenters. The summed E-state index contributed by atoms with van der Waals surface area (Å²) in [5.74, 6) is -0.469. The third-order valence-corrected chi connectivity index (χ3v) is 4.22. The number of rotatable bonds is 2. The standard InChI is InChI=1S/C19H31NO5/c1-12(2)13-9-19(23-14(13)15(21)24-17(3,4)5)10-20(11-19)16(22)25-18(6,7)8/h13-14H,1,9-11H2,2-8H3/t13-,14+/m1/s1. The molecule has 0 saturated carbocycles. The van der Waals surface area contributed by atoms with E-state index in [0.29, 0.717) is 19.5 Å². The predicted molar refractivity (Wildman–Crippen MR) is 94.2 cm³/mol. The molecule has 0 aliphatic carbocycles. The highest BCUT2D eigenvalue weighted by atomic mass is 16.6. The molecule has 1 spiro atoms. The van der Waals surface area contributed by atoms with Crippen molar-refractivity contribution in [1.29, 1.82) is 0 Å². The van der Waals surface area contributed by atoms with E-state index in [4.69, 9.17) is 14.2 Å². The molecule has 2 atom stereocenters. The largest absolute Gasteiger partial charge is 0.458 e. The van der Waals surface area contributed by atoms with Crippen molar-refractivity contribution in [3.63, 3.8) is 0 Å². The van der Waals surface area contributed by atoms with Crippen LogP contribution in [0, 0.1) is 5.92 Å². The van der Waals surface area contributed by atoms with E-state index >= 15 is 0 Å². The predicted octanol–water partition coefficient (Wildman–Crippen LogP) is 3.30. The van der Waals surface area contributed by atoms with Crippen molar-refractivity contribution in [2.45, 2.75) is 77.8 Å². The Balaban J connectivity index is 2.03. The van der Waals surface area contributed by atoms with Gasteiger partial charge in [0, 0.05) is 5.92 Å². The van der Waals surface area contributed by atoms with E-state index in [0.717, 1.165) is 5.57 Å². The molecule has 0 aromatic rings. The van der Waals surface area contributed by atoms with E-state index in [1.165, 1.54) is 0 Å². The number of carbonyl (C=O) groups is 2. The van der Waals surface area contributed by atoms with Crippen molar-refractivity contribution in [3.8, 4) is 0 Å². The fourth-order valence-electron chi connectivity index (χ4n) is 3.22. The number of amides is 1. The number of hydrogen-bond donors (Lipinski definition) is 0. The SMILES string of the molecule is C=C(C)[C@H]1CC2(CN(C(=O)OC(C)(C)C)C2)O[C@@H]1C(=O)OC(C)(C)C. The highest BCUT2D eigenvalue weighted by Gasteiger charge is 2.58. The van der Waals surface area contributed by atoms with Crippen LogP contribution in [0.3, 0.4) is 0 Å². The first-order valence-corrected chi connectivity index (χ1v) is 8.75. The molecule has 25 heavy (non-hydrogen) atoms. The second kappa shape index (κ2) is 6.31. The van der Waals surface area contributed by atoms with Gasteiger partial charge < -0.3 is 19.1 Å². The Bertz CT molecular complexity index is 563. The van der Waals surface area contributed by atoms with Crippen LogP contribution in [-0.4, -0.2) is 53.0 Å². The van der Waals surface area contributed by atoms with Gasteiger partial charge in [-0.05, 0) is 54.9 Å². The van der Waals surface area contributed by atoms with Crippen LogP contribution in [0.2, 0.25) is 0 Å². The molecule has 1 amide bonds. The molecular weight excluding hydrogens is 322 g/mol. The minimum Gasteiger partial charge on any atom is -0.458 e. The quantitative estimate of drug-likeness (QED) is 0.563. The van der Waals surface area contributed by atoms with Crippen LogP contribution in [0.15, 0.2) is 12.2 Å². The minimum atomic E-state index is -0.669. The average Bonchev–Trinajstić information content (AvgIpc) is 2.73. The Kier molecular flexibility index (Phi) is 4.99. The summed E-state index contributed by atoms with van der Waals surface area (Å²) in [6, 6.07) is 0. The minimum absolute atomic E-state index is 0.101. The Morgan fingerprint density at radius 1 is 1.08 bits per heavy atom. The third-order valence-electron chi connectivity index (χ3n) is 4.22. The summed E-state index contributed by atoms with van der Waals surface area (Å²) in [7, 11) is 0. The number of ether oxygens (including phenoxy) is 3. The van der Waals surface area contributed by atoms with Crippen LogP contribution in [-0.2, 0) is 19.0 Å². The summed E-state index contributed by atoms with van der Waals surface area (Å²) < 4.78 is 17.0. The molecule has 2 aliphatic rings. The molecule has 0 bridgehead atoms. The number of esters is 1. The molecule has 2 aliphatic heterocycles. The van der Waals surface area contributed by atoms with Crippen molar-refractivity contribution in [3.05, 3.63) is 12.2 Å². The van der Waals surface area contributed by atoms with Crippen LogP contribution in [0.1, 0.15) is 54.9 Å². The Hall–Kier alpha value is -1.56. The van der Waals surface area contributed by atoms with Crippen LogP contribution < -0.4 is 0 Å². The molecule has 6 heteroatoms. The van der Waals surface area contributed by atoms with Gasteiger partial charge in [0.25, 0.3) is 0 Å². The first kappa shape index (κ1) is 19.8. The molecule has 0 aromatic carbocycles. The van der Waals surface area contributed by atoms with E-state index in [-0.39, 0.29) is 18.0 Å². The zero-order valence-electron chi connectivity index (χ0n) is 16.5. The molecule has 2 rings (SSSR count).